The highest BCUT2D eigenvalue weighted by atomic mass is 16.5. The summed E-state index contributed by atoms with van der Waals surface area (Å²) in [5.41, 5.74) is 3.80. The van der Waals surface area contributed by atoms with Gasteiger partial charge in [-0.2, -0.15) is 0 Å². The first-order chi connectivity index (χ1) is 12.6. The SMILES string of the molecule is COc1ccc(CN2CCN(c3cnccn3)CC2CCO)c(C)c1C. The summed E-state index contributed by atoms with van der Waals surface area (Å²) in [6, 6.07) is 4.50. The van der Waals surface area contributed by atoms with Gasteiger partial charge in [-0.05, 0) is 43.0 Å². The number of benzene rings is 1. The molecule has 0 amide bonds. The maximum absolute atomic E-state index is 9.54. The Labute approximate surface area is 155 Å². The minimum atomic E-state index is 0.191. The van der Waals surface area contributed by atoms with Crippen LogP contribution in [0.3, 0.4) is 0 Å². The van der Waals surface area contributed by atoms with E-state index in [1.807, 2.05) is 6.20 Å². The van der Waals surface area contributed by atoms with Crippen LogP contribution in [0.4, 0.5) is 5.82 Å². The molecule has 26 heavy (non-hydrogen) atoms. The molecule has 2 heterocycles. The van der Waals surface area contributed by atoms with Gasteiger partial charge in [0, 0.05) is 51.2 Å². The predicted molar refractivity (Wildman–Crippen MR) is 103 cm³/mol. The molecular formula is C20H28N4O2. The quantitative estimate of drug-likeness (QED) is 0.856. The Bertz CT molecular complexity index is 723. The highest BCUT2D eigenvalue weighted by Gasteiger charge is 2.28. The van der Waals surface area contributed by atoms with Crippen molar-refractivity contribution >= 4 is 5.82 Å². The van der Waals surface area contributed by atoms with Gasteiger partial charge in [-0.25, -0.2) is 4.98 Å². The molecule has 1 fully saturated rings. The van der Waals surface area contributed by atoms with E-state index in [-0.39, 0.29) is 12.6 Å². The number of ether oxygens (including phenoxy) is 1. The number of methoxy groups -OCH3 is 1. The summed E-state index contributed by atoms with van der Waals surface area (Å²) >= 11 is 0. The Morgan fingerprint density at radius 3 is 2.73 bits per heavy atom. The van der Waals surface area contributed by atoms with Crippen LogP contribution in [0, 0.1) is 13.8 Å². The molecule has 1 saturated heterocycles. The molecule has 0 bridgehead atoms. The molecule has 1 unspecified atom stereocenters. The summed E-state index contributed by atoms with van der Waals surface area (Å²) in [5, 5.41) is 9.54. The van der Waals surface area contributed by atoms with Gasteiger partial charge < -0.3 is 14.7 Å². The van der Waals surface area contributed by atoms with Crippen molar-refractivity contribution < 1.29 is 9.84 Å². The highest BCUT2D eigenvalue weighted by molar-refractivity contribution is 5.43. The third kappa shape index (κ3) is 3.97. The van der Waals surface area contributed by atoms with Crippen LogP contribution in [0.25, 0.3) is 0 Å². The minimum Gasteiger partial charge on any atom is -0.496 e. The van der Waals surface area contributed by atoms with Crippen LogP contribution < -0.4 is 9.64 Å². The topological polar surface area (TPSA) is 61.7 Å². The van der Waals surface area contributed by atoms with E-state index in [1.54, 1.807) is 19.5 Å². The third-order valence-electron chi connectivity index (χ3n) is 5.38. The maximum Gasteiger partial charge on any atom is 0.147 e. The number of rotatable bonds is 6. The molecule has 1 aromatic carbocycles. The average Bonchev–Trinajstić information content (AvgIpc) is 2.68. The molecule has 3 rings (SSSR count). The van der Waals surface area contributed by atoms with Crippen LogP contribution >= 0.6 is 0 Å². The van der Waals surface area contributed by atoms with Crippen molar-refractivity contribution in [3.05, 3.63) is 47.4 Å². The standard InChI is InChI=1S/C20H28N4O2/c1-15-16(2)19(26-3)5-4-17(15)13-23-9-10-24(14-18(23)6-11-25)20-12-21-7-8-22-20/h4-5,7-8,12,18,25H,6,9-11,13-14H2,1-3H3. The highest BCUT2D eigenvalue weighted by Crippen LogP contribution is 2.27. The van der Waals surface area contributed by atoms with E-state index in [0.717, 1.165) is 44.2 Å². The fourth-order valence-electron chi connectivity index (χ4n) is 3.65. The Balaban J connectivity index is 1.75. The molecule has 6 nitrogen and oxygen atoms in total. The largest absolute Gasteiger partial charge is 0.496 e. The number of hydrogen-bond donors (Lipinski definition) is 1. The van der Waals surface area contributed by atoms with Crippen molar-refractivity contribution in [3.63, 3.8) is 0 Å². The molecule has 1 aliphatic heterocycles. The summed E-state index contributed by atoms with van der Waals surface area (Å²) in [4.78, 5) is 13.3. The Morgan fingerprint density at radius 2 is 2.04 bits per heavy atom. The van der Waals surface area contributed by atoms with E-state index < -0.39 is 0 Å². The fraction of sp³-hybridized carbons (Fsp3) is 0.500. The second-order valence-electron chi connectivity index (χ2n) is 6.82. The van der Waals surface area contributed by atoms with Gasteiger partial charge in [0.25, 0.3) is 0 Å². The average molecular weight is 356 g/mol. The number of nitrogens with zero attached hydrogens (tertiary/aromatic N) is 4. The van der Waals surface area contributed by atoms with Crippen molar-refractivity contribution in [2.45, 2.75) is 32.9 Å². The zero-order valence-electron chi connectivity index (χ0n) is 15.9. The first-order valence-electron chi connectivity index (χ1n) is 9.13. The van der Waals surface area contributed by atoms with Gasteiger partial charge in [0.15, 0.2) is 0 Å². The van der Waals surface area contributed by atoms with Crippen LogP contribution in [0.2, 0.25) is 0 Å². The van der Waals surface area contributed by atoms with Crippen LogP contribution in [0.15, 0.2) is 30.7 Å². The Morgan fingerprint density at radius 1 is 1.19 bits per heavy atom. The lowest BCUT2D eigenvalue weighted by Gasteiger charge is -2.42. The van der Waals surface area contributed by atoms with Gasteiger partial charge in [0.2, 0.25) is 0 Å². The lowest BCUT2D eigenvalue weighted by molar-refractivity contribution is 0.135. The van der Waals surface area contributed by atoms with E-state index in [4.69, 9.17) is 4.74 Å². The Kier molecular flexibility index (Phi) is 6.06. The van der Waals surface area contributed by atoms with Crippen LogP contribution in [-0.2, 0) is 6.54 Å². The monoisotopic (exact) mass is 356 g/mol. The van der Waals surface area contributed by atoms with Crippen LogP contribution in [0.1, 0.15) is 23.1 Å². The molecule has 0 spiro atoms. The maximum atomic E-state index is 9.54. The first kappa shape index (κ1) is 18.6. The lowest BCUT2D eigenvalue weighted by Crippen LogP contribution is -2.53. The molecule has 1 atom stereocenters. The summed E-state index contributed by atoms with van der Waals surface area (Å²) in [7, 11) is 1.71. The van der Waals surface area contributed by atoms with E-state index in [2.05, 4.69) is 45.7 Å². The van der Waals surface area contributed by atoms with E-state index in [0.29, 0.717) is 0 Å². The van der Waals surface area contributed by atoms with Crippen LogP contribution in [0.5, 0.6) is 5.75 Å². The van der Waals surface area contributed by atoms with Crippen molar-refractivity contribution in [3.8, 4) is 5.75 Å². The van der Waals surface area contributed by atoms with Crippen molar-refractivity contribution in [2.75, 3.05) is 38.3 Å². The second kappa shape index (κ2) is 8.47. The smallest absolute Gasteiger partial charge is 0.147 e. The number of aliphatic hydroxyl groups excluding tert-OH is 1. The molecule has 0 saturated carbocycles. The molecule has 0 aliphatic carbocycles. The minimum absolute atomic E-state index is 0.191. The number of piperazine rings is 1. The molecule has 2 aromatic rings. The number of aliphatic hydroxyl groups is 1. The fourth-order valence-corrected chi connectivity index (χ4v) is 3.65. The number of anilines is 1. The summed E-state index contributed by atoms with van der Waals surface area (Å²) < 4.78 is 5.43. The van der Waals surface area contributed by atoms with E-state index in [9.17, 15) is 5.11 Å². The number of hydrogen-bond acceptors (Lipinski definition) is 6. The van der Waals surface area contributed by atoms with E-state index >= 15 is 0 Å². The molecule has 1 aliphatic rings. The number of aromatic nitrogens is 2. The lowest BCUT2D eigenvalue weighted by atomic mass is 10.00. The van der Waals surface area contributed by atoms with Crippen molar-refractivity contribution in [2.24, 2.45) is 0 Å². The zero-order valence-corrected chi connectivity index (χ0v) is 15.9. The Hall–Kier alpha value is -2.18. The first-order valence-corrected chi connectivity index (χ1v) is 9.13. The molecule has 6 heteroatoms. The van der Waals surface area contributed by atoms with E-state index in [1.165, 1.54) is 16.7 Å². The van der Waals surface area contributed by atoms with Gasteiger partial charge >= 0.3 is 0 Å². The molecule has 140 valence electrons. The third-order valence-corrected chi connectivity index (χ3v) is 5.38. The van der Waals surface area contributed by atoms with Gasteiger partial charge in [0.05, 0.1) is 13.3 Å². The normalized spacial score (nSPS) is 18.2. The van der Waals surface area contributed by atoms with Crippen molar-refractivity contribution in [1.29, 1.82) is 0 Å². The molecule has 1 N–H and O–H groups in total. The van der Waals surface area contributed by atoms with Crippen molar-refractivity contribution in [1.82, 2.24) is 14.9 Å². The van der Waals surface area contributed by atoms with Crippen LogP contribution in [-0.4, -0.2) is 59.4 Å². The molecular weight excluding hydrogens is 328 g/mol. The van der Waals surface area contributed by atoms with Gasteiger partial charge in [-0.1, -0.05) is 6.07 Å². The van der Waals surface area contributed by atoms with Gasteiger partial charge in [0.1, 0.15) is 11.6 Å². The zero-order chi connectivity index (χ0) is 18.5. The second-order valence-corrected chi connectivity index (χ2v) is 6.82. The molecule has 1 aromatic heterocycles. The molecule has 0 radical (unpaired) electrons. The van der Waals surface area contributed by atoms with Gasteiger partial charge in [-0.3, -0.25) is 9.88 Å². The summed E-state index contributed by atoms with van der Waals surface area (Å²) in [6.45, 7) is 8.04. The summed E-state index contributed by atoms with van der Waals surface area (Å²) in [5.74, 6) is 1.84. The summed E-state index contributed by atoms with van der Waals surface area (Å²) in [6.07, 6.45) is 5.99. The van der Waals surface area contributed by atoms with Gasteiger partial charge in [-0.15, -0.1) is 0 Å². The predicted octanol–water partition coefficient (Wildman–Crippen LogP) is 2.18.